The van der Waals surface area contributed by atoms with Crippen LogP contribution in [0.4, 0.5) is 0 Å². The quantitative estimate of drug-likeness (QED) is 0.691. The van der Waals surface area contributed by atoms with Crippen LogP contribution < -0.4 is 5.73 Å². The maximum atomic E-state index is 11.9. The number of rotatable bonds is 5. The second-order valence-corrected chi connectivity index (χ2v) is 4.46. The number of hydrogen-bond acceptors (Lipinski definition) is 4. The molecule has 94 valence electrons. The molecule has 1 amide bonds. The van der Waals surface area contributed by atoms with Gasteiger partial charge in [-0.3, -0.25) is 4.79 Å². The smallest absolute Gasteiger partial charge is 0.252 e. The fourth-order valence-electron chi connectivity index (χ4n) is 2.16. The predicted octanol–water partition coefficient (Wildman–Crippen LogP) is -0.487. The van der Waals surface area contributed by atoms with Gasteiger partial charge in [-0.15, -0.1) is 0 Å². The molecule has 5 heteroatoms. The van der Waals surface area contributed by atoms with E-state index in [1.165, 1.54) is 13.5 Å². The maximum absolute atomic E-state index is 11.9. The van der Waals surface area contributed by atoms with Crippen LogP contribution >= 0.6 is 0 Å². The summed E-state index contributed by atoms with van der Waals surface area (Å²) >= 11 is 0. The average molecular weight is 229 g/mol. The van der Waals surface area contributed by atoms with E-state index >= 15 is 0 Å². The van der Waals surface area contributed by atoms with Crippen LogP contribution in [0.3, 0.4) is 0 Å². The van der Waals surface area contributed by atoms with Crippen molar-refractivity contribution in [1.29, 1.82) is 0 Å². The Hall–Kier alpha value is -0.650. The number of hydrogen-bond donors (Lipinski definition) is 1. The van der Waals surface area contributed by atoms with E-state index in [9.17, 15) is 4.79 Å². The third-order valence-electron chi connectivity index (χ3n) is 3.31. The molecule has 0 radical (unpaired) electrons. The molecule has 1 saturated heterocycles. The van der Waals surface area contributed by atoms with Crippen LogP contribution in [0.5, 0.6) is 0 Å². The van der Waals surface area contributed by atoms with E-state index in [4.69, 9.17) is 10.5 Å². The highest BCUT2D eigenvalue weighted by molar-refractivity contribution is 5.81. The summed E-state index contributed by atoms with van der Waals surface area (Å²) in [5, 5.41) is 0. The van der Waals surface area contributed by atoms with Gasteiger partial charge in [0.1, 0.15) is 6.10 Å². The van der Waals surface area contributed by atoms with Gasteiger partial charge in [0.05, 0.1) is 0 Å². The maximum Gasteiger partial charge on any atom is 0.252 e. The molecule has 1 fully saturated rings. The molecule has 0 saturated carbocycles. The molecule has 2 N–H and O–H groups in total. The van der Waals surface area contributed by atoms with Crippen molar-refractivity contribution in [1.82, 2.24) is 9.80 Å². The zero-order chi connectivity index (χ0) is 12.1. The minimum Gasteiger partial charge on any atom is -0.370 e. The summed E-state index contributed by atoms with van der Waals surface area (Å²) in [6, 6.07) is 0.476. The molecule has 0 aromatic carbocycles. The summed E-state index contributed by atoms with van der Waals surface area (Å²) in [6.07, 6.45) is 1.87. The van der Waals surface area contributed by atoms with E-state index < -0.39 is 6.10 Å². The normalized spacial score (nSPS) is 23.4. The van der Waals surface area contributed by atoms with E-state index in [1.54, 1.807) is 4.90 Å². The van der Waals surface area contributed by atoms with E-state index in [2.05, 4.69) is 11.9 Å². The summed E-state index contributed by atoms with van der Waals surface area (Å²) in [5.74, 6) is -0.0229. The van der Waals surface area contributed by atoms with Gasteiger partial charge in [-0.25, -0.2) is 0 Å². The molecule has 1 heterocycles. The molecular weight excluding hydrogens is 206 g/mol. The van der Waals surface area contributed by atoms with E-state index in [1.807, 2.05) is 7.05 Å². The first-order valence-electron chi connectivity index (χ1n) is 5.78. The van der Waals surface area contributed by atoms with Crippen molar-refractivity contribution in [3.8, 4) is 0 Å². The molecule has 0 aromatic rings. The Morgan fingerprint density at radius 3 is 2.81 bits per heavy atom. The zero-order valence-corrected chi connectivity index (χ0v) is 10.5. The number of likely N-dealkylation sites (tertiary alicyclic amines) is 1. The van der Waals surface area contributed by atoms with Gasteiger partial charge in [0, 0.05) is 33.3 Å². The second kappa shape index (κ2) is 6.18. The van der Waals surface area contributed by atoms with Crippen molar-refractivity contribution in [2.75, 3.05) is 40.8 Å². The Kier molecular flexibility index (Phi) is 5.18. The van der Waals surface area contributed by atoms with Gasteiger partial charge in [0.2, 0.25) is 0 Å². The molecule has 0 bridgehead atoms. The monoisotopic (exact) mass is 229 g/mol. The number of likely N-dealkylation sites (N-methyl/N-ethyl adjacent to an activating group) is 2. The van der Waals surface area contributed by atoms with Crippen molar-refractivity contribution < 1.29 is 9.53 Å². The number of methoxy groups -OCH3 is 1. The van der Waals surface area contributed by atoms with Crippen LogP contribution in [-0.4, -0.2) is 68.7 Å². The lowest BCUT2D eigenvalue weighted by Crippen LogP contribution is -2.46. The van der Waals surface area contributed by atoms with Crippen LogP contribution in [0.15, 0.2) is 0 Å². The average Bonchev–Trinajstić information content (AvgIpc) is 2.66. The lowest BCUT2D eigenvalue weighted by Gasteiger charge is -2.28. The molecule has 1 aliphatic rings. The van der Waals surface area contributed by atoms with Crippen LogP contribution in [-0.2, 0) is 9.53 Å². The minimum atomic E-state index is -0.503. The Balaban J connectivity index is 2.44. The molecule has 5 nitrogen and oxygen atoms in total. The lowest BCUT2D eigenvalue weighted by atomic mass is 10.2. The molecule has 2 unspecified atom stereocenters. The van der Waals surface area contributed by atoms with E-state index in [-0.39, 0.29) is 12.5 Å². The summed E-state index contributed by atoms with van der Waals surface area (Å²) < 4.78 is 5.04. The molecular formula is C11H23N3O2. The first-order valence-corrected chi connectivity index (χ1v) is 5.78. The van der Waals surface area contributed by atoms with Crippen molar-refractivity contribution >= 4 is 5.91 Å². The van der Waals surface area contributed by atoms with Gasteiger partial charge >= 0.3 is 0 Å². The number of nitrogens with two attached hydrogens (primary N) is 1. The van der Waals surface area contributed by atoms with Gasteiger partial charge < -0.3 is 20.3 Å². The largest absolute Gasteiger partial charge is 0.370 e. The second-order valence-electron chi connectivity index (χ2n) is 4.46. The molecule has 0 aromatic heterocycles. The van der Waals surface area contributed by atoms with Crippen LogP contribution in [0.1, 0.15) is 12.8 Å². The molecule has 16 heavy (non-hydrogen) atoms. The molecule has 1 rings (SSSR count). The first-order chi connectivity index (χ1) is 7.60. The molecule has 2 atom stereocenters. The third kappa shape index (κ3) is 3.17. The predicted molar refractivity (Wildman–Crippen MR) is 63.1 cm³/mol. The van der Waals surface area contributed by atoms with Gasteiger partial charge in [-0.1, -0.05) is 0 Å². The van der Waals surface area contributed by atoms with Gasteiger partial charge in [-0.05, 0) is 26.4 Å². The SMILES string of the molecule is COC(CN)C(=O)N(C)CC1CCCN1C. The van der Waals surface area contributed by atoms with E-state index in [0.29, 0.717) is 6.04 Å². The highest BCUT2D eigenvalue weighted by Gasteiger charge is 2.26. The molecule has 0 aliphatic carbocycles. The third-order valence-corrected chi connectivity index (χ3v) is 3.31. The molecule has 0 spiro atoms. The Labute approximate surface area is 97.5 Å². The number of nitrogens with zero attached hydrogens (tertiary/aromatic N) is 2. The summed E-state index contributed by atoms with van der Waals surface area (Å²) in [6.45, 7) is 2.12. The topological polar surface area (TPSA) is 58.8 Å². The number of carbonyl (C=O) groups is 1. The summed E-state index contributed by atoms with van der Waals surface area (Å²) in [4.78, 5) is 15.9. The molecule has 1 aliphatic heterocycles. The first kappa shape index (κ1) is 13.4. The fraction of sp³-hybridized carbons (Fsp3) is 0.909. The highest BCUT2D eigenvalue weighted by Crippen LogP contribution is 2.15. The van der Waals surface area contributed by atoms with E-state index in [0.717, 1.165) is 19.5 Å². The lowest BCUT2D eigenvalue weighted by molar-refractivity contribution is -0.140. The number of carbonyl (C=O) groups excluding carboxylic acids is 1. The van der Waals surface area contributed by atoms with Gasteiger partial charge in [0.15, 0.2) is 0 Å². The number of amides is 1. The highest BCUT2D eigenvalue weighted by atomic mass is 16.5. The van der Waals surface area contributed by atoms with Crippen molar-refractivity contribution in [3.05, 3.63) is 0 Å². The van der Waals surface area contributed by atoms with Crippen molar-refractivity contribution in [2.24, 2.45) is 5.73 Å². The Bertz CT molecular complexity index is 231. The van der Waals surface area contributed by atoms with Crippen LogP contribution in [0.2, 0.25) is 0 Å². The van der Waals surface area contributed by atoms with Crippen molar-refractivity contribution in [2.45, 2.75) is 25.0 Å². The standard InChI is InChI=1S/C11H23N3O2/c1-13-6-4-5-9(13)8-14(2)11(15)10(7-12)16-3/h9-10H,4-8,12H2,1-3H3. The Morgan fingerprint density at radius 2 is 2.38 bits per heavy atom. The summed E-state index contributed by atoms with van der Waals surface area (Å²) in [7, 11) is 5.44. The van der Waals surface area contributed by atoms with Crippen LogP contribution in [0.25, 0.3) is 0 Å². The number of ether oxygens (including phenoxy) is 1. The van der Waals surface area contributed by atoms with Gasteiger partial charge in [0.25, 0.3) is 5.91 Å². The van der Waals surface area contributed by atoms with Crippen molar-refractivity contribution in [3.63, 3.8) is 0 Å². The fourth-order valence-corrected chi connectivity index (χ4v) is 2.16. The zero-order valence-electron chi connectivity index (χ0n) is 10.5. The van der Waals surface area contributed by atoms with Gasteiger partial charge in [-0.2, -0.15) is 0 Å². The minimum absolute atomic E-state index is 0.0229. The Morgan fingerprint density at radius 1 is 1.69 bits per heavy atom. The van der Waals surface area contributed by atoms with Crippen LogP contribution in [0, 0.1) is 0 Å². The summed E-state index contributed by atoms with van der Waals surface area (Å²) in [5.41, 5.74) is 5.47.